The van der Waals surface area contributed by atoms with E-state index in [9.17, 15) is 14.7 Å². The van der Waals surface area contributed by atoms with E-state index in [-0.39, 0.29) is 36.4 Å². The number of aliphatic hydroxyl groups excluding tert-OH is 1. The van der Waals surface area contributed by atoms with Crippen LogP contribution in [-0.4, -0.2) is 48.2 Å². The summed E-state index contributed by atoms with van der Waals surface area (Å²) in [4.78, 5) is 25.3. The minimum atomic E-state index is -0.283. The first-order valence-electron chi connectivity index (χ1n) is 6.50. The summed E-state index contributed by atoms with van der Waals surface area (Å²) in [5, 5.41) is 9.21. The second-order valence-electron chi connectivity index (χ2n) is 5.07. The van der Waals surface area contributed by atoms with Crippen LogP contribution in [0.4, 0.5) is 0 Å². The van der Waals surface area contributed by atoms with Crippen LogP contribution in [0, 0.1) is 11.8 Å². The van der Waals surface area contributed by atoms with E-state index in [0.29, 0.717) is 13.0 Å². The lowest BCUT2D eigenvalue weighted by Crippen LogP contribution is -2.41. The van der Waals surface area contributed by atoms with Crippen LogP contribution in [0.25, 0.3) is 0 Å². The normalized spacial score (nSPS) is 22.7. The van der Waals surface area contributed by atoms with Crippen molar-refractivity contribution in [3.63, 3.8) is 0 Å². The van der Waals surface area contributed by atoms with E-state index in [4.69, 9.17) is 0 Å². The summed E-state index contributed by atoms with van der Waals surface area (Å²) in [5.41, 5.74) is 0. The van der Waals surface area contributed by atoms with Crippen molar-refractivity contribution in [2.24, 2.45) is 11.8 Å². The fourth-order valence-electron chi connectivity index (χ4n) is 2.53. The quantitative estimate of drug-likeness (QED) is 0.740. The molecule has 104 valence electrons. The third-order valence-corrected chi connectivity index (χ3v) is 3.60. The summed E-state index contributed by atoms with van der Waals surface area (Å²) in [7, 11) is 1.35. The van der Waals surface area contributed by atoms with Gasteiger partial charge in [-0.05, 0) is 19.3 Å². The van der Waals surface area contributed by atoms with Crippen LogP contribution in [0.3, 0.4) is 0 Å². The minimum Gasteiger partial charge on any atom is -0.469 e. The fraction of sp³-hybridized carbons (Fsp3) is 0.846. The van der Waals surface area contributed by atoms with E-state index in [1.54, 1.807) is 11.8 Å². The summed E-state index contributed by atoms with van der Waals surface area (Å²) < 4.78 is 4.66. The molecule has 1 aliphatic rings. The molecule has 1 fully saturated rings. The monoisotopic (exact) mass is 257 g/mol. The lowest BCUT2D eigenvalue weighted by molar-refractivity contribution is -0.146. The van der Waals surface area contributed by atoms with Crippen LogP contribution in [0.1, 0.15) is 33.1 Å². The average Bonchev–Trinajstić information content (AvgIpc) is 2.84. The highest BCUT2D eigenvalue weighted by atomic mass is 16.5. The smallest absolute Gasteiger partial charge is 0.308 e. The van der Waals surface area contributed by atoms with Gasteiger partial charge < -0.3 is 14.7 Å². The summed E-state index contributed by atoms with van der Waals surface area (Å²) >= 11 is 0. The van der Waals surface area contributed by atoms with Crippen molar-refractivity contribution in [3.05, 3.63) is 0 Å². The SMILES string of the molecule is COC(=O)C(C)C[C@@H](C)C(=O)N1CCCC1CO. The van der Waals surface area contributed by atoms with Crippen molar-refractivity contribution in [1.29, 1.82) is 0 Å². The van der Waals surface area contributed by atoms with Crippen molar-refractivity contribution in [2.75, 3.05) is 20.3 Å². The highest BCUT2D eigenvalue weighted by Crippen LogP contribution is 2.22. The Bertz CT molecular complexity index is 305. The van der Waals surface area contributed by atoms with Crippen LogP contribution < -0.4 is 0 Å². The summed E-state index contributed by atoms with van der Waals surface area (Å²) in [6.45, 7) is 4.32. The molecule has 0 radical (unpaired) electrons. The number of esters is 1. The number of hydrogen-bond acceptors (Lipinski definition) is 4. The number of likely N-dealkylation sites (tertiary alicyclic amines) is 1. The molecule has 0 aromatic carbocycles. The molecule has 0 bridgehead atoms. The lowest BCUT2D eigenvalue weighted by atomic mass is 9.96. The van der Waals surface area contributed by atoms with Gasteiger partial charge in [-0.25, -0.2) is 0 Å². The molecule has 0 spiro atoms. The Morgan fingerprint density at radius 3 is 2.61 bits per heavy atom. The maximum absolute atomic E-state index is 12.2. The van der Waals surface area contributed by atoms with Gasteiger partial charge in [0.25, 0.3) is 0 Å². The number of amides is 1. The van der Waals surface area contributed by atoms with Crippen molar-refractivity contribution < 1.29 is 19.4 Å². The van der Waals surface area contributed by atoms with Gasteiger partial charge in [0, 0.05) is 12.5 Å². The minimum absolute atomic E-state index is 0.0189. The Labute approximate surface area is 108 Å². The number of hydrogen-bond donors (Lipinski definition) is 1. The van der Waals surface area contributed by atoms with Crippen LogP contribution >= 0.6 is 0 Å². The zero-order valence-electron chi connectivity index (χ0n) is 11.4. The largest absolute Gasteiger partial charge is 0.469 e. The van der Waals surface area contributed by atoms with Gasteiger partial charge in [-0.3, -0.25) is 9.59 Å². The van der Waals surface area contributed by atoms with Crippen LogP contribution in [0.2, 0.25) is 0 Å². The Morgan fingerprint density at radius 2 is 2.06 bits per heavy atom. The van der Waals surface area contributed by atoms with Crippen LogP contribution in [0.15, 0.2) is 0 Å². The third-order valence-electron chi connectivity index (χ3n) is 3.60. The summed E-state index contributed by atoms with van der Waals surface area (Å²) in [5.74, 6) is -0.743. The first-order chi connectivity index (χ1) is 8.51. The molecule has 3 atom stereocenters. The van der Waals surface area contributed by atoms with Gasteiger partial charge in [-0.1, -0.05) is 13.8 Å². The van der Waals surface area contributed by atoms with Gasteiger partial charge in [0.15, 0.2) is 0 Å². The predicted molar refractivity (Wildman–Crippen MR) is 66.8 cm³/mol. The van der Waals surface area contributed by atoms with Crippen molar-refractivity contribution >= 4 is 11.9 Å². The standard InChI is InChI=1S/C13H23NO4/c1-9(7-10(2)13(17)18-3)12(16)14-6-4-5-11(14)8-15/h9-11,15H,4-8H2,1-3H3/t9-,10?,11?/m1/s1. The molecule has 5 heteroatoms. The zero-order chi connectivity index (χ0) is 13.7. The molecule has 2 unspecified atom stereocenters. The van der Waals surface area contributed by atoms with Crippen LogP contribution in [-0.2, 0) is 14.3 Å². The molecule has 5 nitrogen and oxygen atoms in total. The number of ether oxygens (including phenoxy) is 1. The number of aliphatic hydroxyl groups is 1. The molecular weight excluding hydrogens is 234 g/mol. The first kappa shape index (κ1) is 15.0. The molecule has 1 heterocycles. The van der Waals surface area contributed by atoms with E-state index in [2.05, 4.69) is 4.74 Å². The second-order valence-corrected chi connectivity index (χ2v) is 5.07. The van der Waals surface area contributed by atoms with E-state index < -0.39 is 0 Å². The number of carbonyl (C=O) groups excluding carboxylic acids is 2. The second kappa shape index (κ2) is 6.73. The molecule has 0 aliphatic carbocycles. The topological polar surface area (TPSA) is 66.8 Å². The molecule has 18 heavy (non-hydrogen) atoms. The fourth-order valence-corrected chi connectivity index (χ4v) is 2.53. The highest BCUT2D eigenvalue weighted by Gasteiger charge is 2.32. The zero-order valence-corrected chi connectivity index (χ0v) is 11.4. The Hall–Kier alpha value is -1.10. The molecule has 0 aromatic rings. The van der Waals surface area contributed by atoms with Gasteiger partial charge in [-0.15, -0.1) is 0 Å². The van der Waals surface area contributed by atoms with Gasteiger partial charge in [0.2, 0.25) is 5.91 Å². The Balaban J connectivity index is 2.53. The Morgan fingerprint density at radius 1 is 1.39 bits per heavy atom. The molecular formula is C13H23NO4. The number of methoxy groups -OCH3 is 1. The van der Waals surface area contributed by atoms with E-state index in [1.165, 1.54) is 7.11 Å². The summed E-state index contributed by atoms with van der Waals surface area (Å²) in [6.07, 6.45) is 2.29. The van der Waals surface area contributed by atoms with Gasteiger partial charge in [-0.2, -0.15) is 0 Å². The molecule has 1 N–H and O–H groups in total. The van der Waals surface area contributed by atoms with E-state index in [0.717, 1.165) is 12.8 Å². The average molecular weight is 257 g/mol. The molecule has 1 rings (SSSR count). The Kier molecular flexibility index (Phi) is 5.59. The number of carbonyl (C=O) groups is 2. The molecule has 1 aliphatic heterocycles. The molecule has 0 aromatic heterocycles. The van der Waals surface area contributed by atoms with Gasteiger partial charge in [0.05, 0.1) is 25.7 Å². The van der Waals surface area contributed by atoms with Crippen molar-refractivity contribution in [3.8, 4) is 0 Å². The van der Waals surface area contributed by atoms with Crippen LogP contribution in [0.5, 0.6) is 0 Å². The first-order valence-corrected chi connectivity index (χ1v) is 6.50. The van der Waals surface area contributed by atoms with E-state index in [1.807, 2.05) is 6.92 Å². The van der Waals surface area contributed by atoms with Crippen molar-refractivity contribution in [2.45, 2.75) is 39.2 Å². The van der Waals surface area contributed by atoms with Gasteiger partial charge in [0.1, 0.15) is 0 Å². The molecule has 1 saturated heterocycles. The van der Waals surface area contributed by atoms with Crippen molar-refractivity contribution in [1.82, 2.24) is 4.90 Å². The number of rotatable bonds is 5. The number of nitrogens with zero attached hydrogens (tertiary/aromatic N) is 1. The van der Waals surface area contributed by atoms with Gasteiger partial charge >= 0.3 is 5.97 Å². The molecule has 0 saturated carbocycles. The molecule has 1 amide bonds. The maximum Gasteiger partial charge on any atom is 0.308 e. The predicted octanol–water partition coefficient (Wildman–Crippen LogP) is 0.805. The highest BCUT2D eigenvalue weighted by molar-refractivity contribution is 5.80. The maximum atomic E-state index is 12.2. The summed E-state index contributed by atoms with van der Waals surface area (Å²) in [6, 6.07) is -0.0478. The van der Waals surface area contributed by atoms with E-state index >= 15 is 0 Å². The third kappa shape index (κ3) is 3.45. The lowest BCUT2D eigenvalue weighted by Gasteiger charge is -2.27.